The molecular formula is C15H28N2S. The quantitative estimate of drug-likeness (QED) is 0.700. The third-order valence-corrected chi connectivity index (χ3v) is 4.39. The molecule has 1 unspecified atom stereocenters. The van der Waals surface area contributed by atoms with E-state index in [1.165, 1.54) is 37.4 Å². The van der Waals surface area contributed by atoms with Gasteiger partial charge in [0.25, 0.3) is 0 Å². The van der Waals surface area contributed by atoms with Crippen LogP contribution < -0.4 is 5.32 Å². The van der Waals surface area contributed by atoms with E-state index in [4.69, 9.17) is 0 Å². The SMILES string of the molecule is CCN(CC)CCCC(C)NCCc1cccs1. The summed E-state index contributed by atoms with van der Waals surface area (Å²) in [6.45, 7) is 11.5. The van der Waals surface area contributed by atoms with Crippen molar-refractivity contribution >= 4 is 11.3 Å². The molecule has 0 aliphatic rings. The third-order valence-electron chi connectivity index (χ3n) is 3.45. The lowest BCUT2D eigenvalue weighted by atomic mass is 10.1. The Morgan fingerprint density at radius 3 is 2.72 bits per heavy atom. The molecule has 1 heterocycles. The van der Waals surface area contributed by atoms with Gasteiger partial charge in [0.2, 0.25) is 0 Å². The van der Waals surface area contributed by atoms with Crippen LogP contribution in [0.3, 0.4) is 0 Å². The Hall–Kier alpha value is -0.380. The molecule has 1 atom stereocenters. The first-order valence-corrected chi connectivity index (χ1v) is 8.12. The first kappa shape index (κ1) is 15.7. The predicted octanol–water partition coefficient (Wildman–Crippen LogP) is 3.39. The van der Waals surface area contributed by atoms with Crippen LogP contribution in [0.25, 0.3) is 0 Å². The topological polar surface area (TPSA) is 15.3 Å². The molecule has 0 aromatic carbocycles. The number of rotatable bonds is 10. The highest BCUT2D eigenvalue weighted by Gasteiger charge is 2.03. The Bertz CT molecular complexity index is 281. The monoisotopic (exact) mass is 268 g/mol. The van der Waals surface area contributed by atoms with Gasteiger partial charge in [0.1, 0.15) is 0 Å². The van der Waals surface area contributed by atoms with E-state index in [-0.39, 0.29) is 0 Å². The predicted molar refractivity (Wildman–Crippen MR) is 82.5 cm³/mol. The van der Waals surface area contributed by atoms with Crippen molar-refractivity contribution in [2.45, 2.75) is 46.1 Å². The Morgan fingerprint density at radius 1 is 1.33 bits per heavy atom. The molecule has 3 heteroatoms. The lowest BCUT2D eigenvalue weighted by Gasteiger charge is -2.19. The maximum Gasteiger partial charge on any atom is 0.00578 e. The van der Waals surface area contributed by atoms with E-state index in [9.17, 15) is 0 Å². The molecule has 0 spiro atoms. The van der Waals surface area contributed by atoms with Gasteiger partial charge in [-0.1, -0.05) is 19.9 Å². The maximum atomic E-state index is 3.62. The van der Waals surface area contributed by atoms with Gasteiger partial charge < -0.3 is 10.2 Å². The van der Waals surface area contributed by atoms with Crippen molar-refractivity contribution in [1.29, 1.82) is 0 Å². The average Bonchev–Trinajstić information content (AvgIpc) is 2.88. The molecule has 0 saturated heterocycles. The van der Waals surface area contributed by atoms with Crippen LogP contribution in [0.5, 0.6) is 0 Å². The molecule has 1 aromatic heterocycles. The molecule has 0 saturated carbocycles. The van der Waals surface area contributed by atoms with Crippen molar-refractivity contribution in [3.8, 4) is 0 Å². The smallest absolute Gasteiger partial charge is 0.00578 e. The Kier molecular flexibility index (Phi) is 8.31. The summed E-state index contributed by atoms with van der Waals surface area (Å²) in [6.07, 6.45) is 3.74. The molecule has 0 aliphatic heterocycles. The largest absolute Gasteiger partial charge is 0.314 e. The van der Waals surface area contributed by atoms with Crippen molar-refractivity contribution in [3.05, 3.63) is 22.4 Å². The molecule has 104 valence electrons. The molecule has 1 N–H and O–H groups in total. The minimum absolute atomic E-state index is 0.639. The van der Waals surface area contributed by atoms with Gasteiger partial charge in [-0.3, -0.25) is 0 Å². The first-order chi connectivity index (χ1) is 8.76. The fourth-order valence-corrected chi connectivity index (χ4v) is 2.87. The summed E-state index contributed by atoms with van der Waals surface area (Å²) < 4.78 is 0. The number of nitrogens with zero attached hydrogens (tertiary/aromatic N) is 1. The number of hydrogen-bond acceptors (Lipinski definition) is 3. The summed E-state index contributed by atoms with van der Waals surface area (Å²) >= 11 is 1.86. The van der Waals surface area contributed by atoms with Crippen molar-refractivity contribution in [1.82, 2.24) is 10.2 Å². The molecule has 2 nitrogen and oxygen atoms in total. The Morgan fingerprint density at radius 2 is 2.11 bits per heavy atom. The van der Waals surface area contributed by atoms with Crippen molar-refractivity contribution in [2.24, 2.45) is 0 Å². The minimum Gasteiger partial charge on any atom is -0.314 e. The fourth-order valence-electron chi connectivity index (χ4n) is 2.16. The first-order valence-electron chi connectivity index (χ1n) is 7.24. The molecule has 1 rings (SSSR count). The molecular weight excluding hydrogens is 240 g/mol. The van der Waals surface area contributed by atoms with Gasteiger partial charge in [-0.2, -0.15) is 0 Å². The summed E-state index contributed by atoms with van der Waals surface area (Å²) in [4.78, 5) is 3.98. The zero-order valence-electron chi connectivity index (χ0n) is 12.1. The van der Waals surface area contributed by atoms with Crippen LogP contribution in [0.4, 0.5) is 0 Å². The van der Waals surface area contributed by atoms with Gasteiger partial charge in [0, 0.05) is 17.5 Å². The molecule has 1 aromatic rings. The molecule has 0 amide bonds. The van der Waals surface area contributed by atoms with Crippen molar-refractivity contribution in [2.75, 3.05) is 26.2 Å². The highest BCUT2D eigenvalue weighted by molar-refractivity contribution is 7.09. The third kappa shape index (κ3) is 6.53. The van der Waals surface area contributed by atoms with E-state index < -0.39 is 0 Å². The second kappa shape index (κ2) is 9.54. The molecule has 0 radical (unpaired) electrons. The van der Waals surface area contributed by atoms with Crippen LogP contribution in [-0.2, 0) is 6.42 Å². The zero-order valence-corrected chi connectivity index (χ0v) is 12.9. The maximum absolute atomic E-state index is 3.62. The number of hydrogen-bond donors (Lipinski definition) is 1. The highest BCUT2D eigenvalue weighted by Crippen LogP contribution is 2.08. The van der Waals surface area contributed by atoms with E-state index in [1.807, 2.05) is 11.3 Å². The van der Waals surface area contributed by atoms with E-state index >= 15 is 0 Å². The van der Waals surface area contributed by atoms with E-state index in [1.54, 1.807) is 0 Å². The van der Waals surface area contributed by atoms with E-state index in [0.29, 0.717) is 6.04 Å². The van der Waals surface area contributed by atoms with Gasteiger partial charge in [-0.15, -0.1) is 11.3 Å². The molecule has 0 aliphatic carbocycles. The lowest BCUT2D eigenvalue weighted by molar-refractivity contribution is 0.290. The summed E-state index contributed by atoms with van der Waals surface area (Å²) in [6, 6.07) is 4.99. The standard InChI is InChI=1S/C15H28N2S/c1-4-17(5-2)12-6-8-14(3)16-11-10-15-9-7-13-18-15/h7,9,13-14,16H,4-6,8,10-12H2,1-3H3. The van der Waals surface area contributed by atoms with Crippen LogP contribution >= 0.6 is 11.3 Å². The summed E-state index contributed by atoms with van der Waals surface area (Å²) in [5, 5.41) is 5.77. The van der Waals surface area contributed by atoms with Gasteiger partial charge in [0.05, 0.1) is 0 Å². The summed E-state index contributed by atoms with van der Waals surface area (Å²) in [7, 11) is 0. The fraction of sp³-hybridized carbons (Fsp3) is 0.733. The lowest BCUT2D eigenvalue weighted by Crippen LogP contribution is -2.30. The van der Waals surface area contributed by atoms with Gasteiger partial charge in [0.15, 0.2) is 0 Å². The van der Waals surface area contributed by atoms with Crippen LogP contribution in [-0.4, -0.2) is 37.1 Å². The van der Waals surface area contributed by atoms with Crippen molar-refractivity contribution < 1.29 is 0 Å². The van der Waals surface area contributed by atoms with Gasteiger partial charge >= 0.3 is 0 Å². The Balaban J connectivity index is 2.01. The number of nitrogens with one attached hydrogen (secondary N) is 1. The summed E-state index contributed by atoms with van der Waals surface area (Å²) in [5.74, 6) is 0. The molecule has 0 fully saturated rings. The zero-order chi connectivity index (χ0) is 13.2. The van der Waals surface area contributed by atoms with Crippen molar-refractivity contribution in [3.63, 3.8) is 0 Å². The second-order valence-corrected chi connectivity index (χ2v) is 5.89. The minimum atomic E-state index is 0.639. The molecule has 0 bridgehead atoms. The normalized spacial score (nSPS) is 13.1. The van der Waals surface area contributed by atoms with Crippen LogP contribution in [0.2, 0.25) is 0 Å². The van der Waals surface area contributed by atoms with Gasteiger partial charge in [-0.25, -0.2) is 0 Å². The molecule has 18 heavy (non-hydrogen) atoms. The van der Waals surface area contributed by atoms with E-state index in [0.717, 1.165) is 13.0 Å². The van der Waals surface area contributed by atoms with Gasteiger partial charge in [-0.05, 0) is 57.3 Å². The second-order valence-electron chi connectivity index (χ2n) is 4.85. The van der Waals surface area contributed by atoms with Crippen LogP contribution in [0.1, 0.15) is 38.5 Å². The number of thiophene rings is 1. The summed E-state index contributed by atoms with van der Waals surface area (Å²) in [5.41, 5.74) is 0. The average molecular weight is 268 g/mol. The Labute approximate surface area is 116 Å². The van der Waals surface area contributed by atoms with Crippen LogP contribution in [0, 0.1) is 0 Å². The highest BCUT2D eigenvalue weighted by atomic mass is 32.1. The van der Waals surface area contributed by atoms with E-state index in [2.05, 4.69) is 48.5 Å². The van der Waals surface area contributed by atoms with Crippen LogP contribution in [0.15, 0.2) is 17.5 Å².